The van der Waals surface area contributed by atoms with Crippen molar-refractivity contribution in [1.82, 2.24) is 19.9 Å². The number of hydrogen-bond acceptors (Lipinski definition) is 5. The molecule has 0 spiro atoms. The lowest BCUT2D eigenvalue weighted by atomic mass is 10.2. The predicted molar refractivity (Wildman–Crippen MR) is 88.7 cm³/mol. The highest BCUT2D eigenvalue weighted by atomic mass is 16.5. The molecule has 1 saturated heterocycles. The van der Waals surface area contributed by atoms with Crippen LogP contribution in [0.3, 0.4) is 0 Å². The van der Waals surface area contributed by atoms with Gasteiger partial charge in [0, 0.05) is 6.54 Å². The second-order valence-corrected chi connectivity index (χ2v) is 5.86. The summed E-state index contributed by atoms with van der Waals surface area (Å²) in [7, 11) is 0. The van der Waals surface area contributed by atoms with Crippen molar-refractivity contribution in [2.24, 2.45) is 0 Å². The molecule has 3 heterocycles. The van der Waals surface area contributed by atoms with E-state index in [1.165, 1.54) is 0 Å². The van der Waals surface area contributed by atoms with Crippen LogP contribution in [-0.4, -0.2) is 39.1 Å². The normalized spacial score (nSPS) is 17.8. The maximum atomic E-state index is 6.05. The number of fused-ring (bicyclic) bond motifs is 1. The van der Waals surface area contributed by atoms with Crippen molar-refractivity contribution < 1.29 is 4.74 Å². The molecular weight excluding hydrogens is 290 g/mol. The van der Waals surface area contributed by atoms with Crippen LogP contribution in [0.25, 0.3) is 11.2 Å². The lowest BCUT2D eigenvalue weighted by Gasteiger charge is -2.26. The highest BCUT2D eigenvalue weighted by molar-refractivity contribution is 5.83. The first-order valence-corrected chi connectivity index (χ1v) is 7.92. The van der Waals surface area contributed by atoms with Gasteiger partial charge in [0.25, 0.3) is 0 Å². The average molecular weight is 309 g/mol. The SMILES string of the molecule is Cc1ccccc1OC[C@H]1CCCN1c1ncnc2[nH]cnc12. The van der Waals surface area contributed by atoms with Crippen molar-refractivity contribution in [1.29, 1.82) is 0 Å². The molecule has 1 atom stereocenters. The van der Waals surface area contributed by atoms with Crippen molar-refractivity contribution in [3.05, 3.63) is 42.5 Å². The molecule has 0 amide bonds. The Balaban J connectivity index is 1.55. The highest BCUT2D eigenvalue weighted by Gasteiger charge is 2.28. The third-order valence-electron chi connectivity index (χ3n) is 4.37. The predicted octanol–water partition coefficient (Wildman–Crippen LogP) is 2.71. The van der Waals surface area contributed by atoms with E-state index in [4.69, 9.17) is 4.74 Å². The summed E-state index contributed by atoms with van der Waals surface area (Å²) in [6.45, 7) is 3.70. The molecule has 0 unspecified atom stereocenters. The van der Waals surface area contributed by atoms with Gasteiger partial charge in [0.1, 0.15) is 24.2 Å². The summed E-state index contributed by atoms with van der Waals surface area (Å²) < 4.78 is 6.05. The Labute approximate surface area is 134 Å². The maximum absolute atomic E-state index is 6.05. The van der Waals surface area contributed by atoms with Crippen molar-refractivity contribution in [2.45, 2.75) is 25.8 Å². The quantitative estimate of drug-likeness (QED) is 0.802. The molecule has 0 aliphatic carbocycles. The Morgan fingerprint density at radius 1 is 1.26 bits per heavy atom. The van der Waals surface area contributed by atoms with E-state index in [0.29, 0.717) is 12.6 Å². The van der Waals surface area contributed by atoms with Gasteiger partial charge in [-0.05, 0) is 31.4 Å². The fourth-order valence-electron chi connectivity index (χ4n) is 3.15. The number of para-hydroxylation sites is 1. The van der Waals surface area contributed by atoms with Gasteiger partial charge in [0.15, 0.2) is 11.5 Å². The molecule has 1 aromatic carbocycles. The zero-order valence-electron chi connectivity index (χ0n) is 13.1. The summed E-state index contributed by atoms with van der Waals surface area (Å²) in [6, 6.07) is 8.43. The smallest absolute Gasteiger partial charge is 0.162 e. The Morgan fingerprint density at radius 3 is 3.09 bits per heavy atom. The van der Waals surface area contributed by atoms with Crippen LogP contribution >= 0.6 is 0 Å². The minimum Gasteiger partial charge on any atom is -0.491 e. The molecule has 0 saturated carbocycles. The van der Waals surface area contributed by atoms with Crippen LogP contribution in [0.1, 0.15) is 18.4 Å². The Hall–Kier alpha value is -2.63. The van der Waals surface area contributed by atoms with E-state index >= 15 is 0 Å². The number of hydrogen-bond donors (Lipinski definition) is 1. The van der Waals surface area contributed by atoms with Crippen LogP contribution in [0.4, 0.5) is 5.82 Å². The van der Waals surface area contributed by atoms with Crippen LogP contribution in [0.2, 0.25) is 0 Å². The highest BCUT2D eigenvalue weighted by Crippen LogP contribution is 2.28. The minimum absolute atomic E-state index is 0.310. The van der Waals surface area contributed by atoms with E-state index in [1.54, 1.807) is 12.7 Å². The molecule has 1 fully saturated rings. The van der Waals surface area contributed by atoms with Crippen LogP contribution in [-0.2, 0) is 0 Å². The van der Waals surface area contributed by atoms with Crippen LogP contribution in [0.5, 0.6) is 5.75 Å². The molecule has 23 heavy (non-hydrogen) atoms. The largest absolute Gasteiger partial charge is 0.491 e. The molecule has 3 aromatic rings. The second kappa shape index (κ2) is 5.87. The minimum atomic E-state index is 0.310. The number of anilines is 1. The first-order valence-electron chi connectivity index (χ1n) is 7.92. The topological polar surface area (TPSA) is 66.9 Å². The second-order valence-electron chi connectivity index (χ2n) is 5.86. The first kappa shape index (κ1) is 14.0. The van der Waals surface area contributed by atoms with E-state index in [1.807, 2.05) is 18.2 Å². The number of rotatable bonds is 4. The summed E-state index contributed by atoms with van der Waals surface area (Å²) in [4.78, 5) is 18.4. The number of ether oxygens (including phenoxy) is 1. The van der Waals surface area contributed by atoms with E-state index < -0.39 is 0 Å². The molecule has 4 rings (SSSR count). The summed E-state index contributed by atoms with van der Waals surface area (Å²) in [5.41, 5.74) is 2.77. The number of nitrogens with zero attached hydrogens (tertiary/aromatic N) is 4. The summed E-state index contributed by atoms with van der Waals surface area (Å²) in [5.74, 6) is 1.85. The Morgan fingerprint density at radius 2 is 2.17 bits per heavy atom. The van der Waals surface area contributed by atoms with E-state index in [9.17, 15) is 0 Å². The Kier molecular flexibility index (Phi) is 3.57. The van der Waals surface area contributed by atoms with Crippen molar-refractivity contribution in [2.75, 3.05) is 18.1 Å². The zero-order chi connectivity index (χ0) is 15.6. The number of imidazole rings is 1. The van der Waals surface area contributed by atoms with Gasteiger partial charge >= 0.3 is 0 Å². The standard InChI is InChI=1S/C17H19N5O/c1-12-5-2-3-7-14(12)23-9-13-6-4-8-22(13)17-15-16(19-10-18-15)20-11-21-17/h2-3,5,7,10-11,13H,4,6,8-9H2,1H3,(H,18,19,20,21)/t13-/m1/s1. The van der Waals surface area contributed by atoms with Crippen LogP contribution < -0.4 is 9.64 Å². The molecule has 0 bridgehead atoms. The molecule has 1 aliphatic heterocycles. The number of aromatic amines is 1. The summed E-state index contributed by atoms with van der Waals surface area (Å²) in [5, 5.41) is 0. The van der Waals surface area contributed by atoms with Crippen molar-refractivity contribution in [3.63, 3.8) is 0 Å². The van der Waals surface area contributed by atoms with Crippen LogP contribution in [0.15, 0.2) is 36.9 Å². The molecule has 0 radical (unpaired) electrons. The molecule has 1 N–H and O–H groups in total. The fraction of sp³-hybridized carbons (Fsp3) is 0.353. The van der Waals surface area contributed by atoms with E-state index in [2.05, 4.69) is 37.8 Å². The summed E-state index contributed by atoms with van der Waals surface area (Å²) >= 11 is 0. The third kappa shape index (κ3) is 2.60. The van der Waals surface area contributed by atoms with E-state index in [-0.39, 0.29) is 0 Å². The van der Waals surface area contributed by atoms with E-state index in [0.717, 1.165) is 47.7 Å². The molecule has 1 aliphatic rings. The average Bonchev–Trinajstić information content (AvgIpc) is 3.22. The fourth-order valence-corrected chi connectivity index (χ4v) is 3.15. The molecule has 2 aromatic heterocycles. The van der Waals surface area contributed by atoms with Gasteiger partial charge in [-0.3, -0.25) is 0 Å². The summed E-state index contributed by atoms with van der Waals surface area (Å²) in [6.07, 6.45) is 5.49. The number of nitrogens with one attached hydrogen (secondary N) is 1. The maximum Gasteiger partial charge on any atom is 0.162 e. The van der Waals surface area contributed by atoms with Gasteiger partial charge in [-0.15, -0.1) is 0 Å². The third-order valence-corrected chi connectivity index (χ3v) is 4.37. The zero-order valence-corrected chi connectivity index (χ0v) is 13.1. The van der Waals surface area contributed by atoms with Gasteiger partial charge in [0.2, 0.25) is 0 Å². The number of aryl methyl sites for hydroxylation is 1. The Bertz CT molecular complexity index is 815. The van der Waals surface area contributed by atoms with Gasteiger partial charge in [-0.2, -0.15) is 0 Å². The molecule has 6 nitrogen and oxygen atoms in total. The van der Waals surface area contributed by atoms with Crippen molar-refractivity contribution >= 4 is 17.0 Å². The van der Waals surface area contributed by atoms with Crippen molar-refractivity contribution in [3.8, 4) is 5.75 Å². The van der Waals surface area contributed by atoms with Gasteiger partial charge in [-0.25, -0.2) is 15.0 Å². The lowest BCUT2D eigenvalue weighted by Crippen LogP contribution is -2.35. The number of H-pyrrole nitrogens is 1. The first-order chi connectivity index (χ1) is 11.3. The van der Waals surface area contributed by atoms with Gasteiger partial charge < -0.3 is 14.6 Å². The molecule has 118 valence electrons. The monoisotopic (exact) mass is 309 g/mol. The molecular formula is C17H19N5O. The number of aromatic nitrogens is 4. The molecule has 6 heteroatoms. The lowest BCUT2D eigenvalue weighted by molar-refractivity contribution is 0.286. The van der Waals surface area contributed by atoms with Gasteiger partial charge in [0.05, 0.1) is 12.4 Å². The van der Waals surface area contributed by atoms with Gasteiger partial charge in [-0.1, -0.05) is 18.2 Å². The number of benzene rings is 1. The van der Waals surface area contributed by atoms with Crippen LogP contribution in [0, 0.1) is 6.92 Å².